The van der Waals surface area contributed by atoms with Gasteiger partial charge in [-0.05, 0) is 50.1 Å². The molecule has 1 aliphatic rings. The summed E-state index contributed by atoms with van der Waals surface area (Å²) in [4.78, 5) is 22.8. The highest BCUT2D eigenvalue weighted by Gasteiger charge is 2.39. The predicted molar refractivity (Wildman–Crippen MR) is 117 cm³/mol. The van der Waals surface area contributed by atoms with Crippen LogP contribution in [0.3, 0.4) is 0 Å². The number of nitrogens with zero attached hydrogens (tertiary/aromatic N) is 3. The van der Waals surface area contributed by atoms with E-state index < -0.39 is 5.60 Å². The van der Waals surface area contributed by atoms with E-state index in [1.807, 2.05) is 50.2 Å². The molecule has 154 valence electrons. The maximum absolute atomic E-state index is 12.9. The van der Waals surface area contributed by atoms with Gasteiger partial charge in [0.15, 0.2) is 0 Å². The first-order chi connectivity index (χ1) is 14.3. The van der Waals surface area contributed by atoms with Crippen LogP contribution in [0.4, 0.5) is 17.5 Å². The Morgan fingerprint density at radius 1 is 1.10 bits per heavy atom. The Bertz CT molecular complexity index is 1050. The lowest BCUT2D eigenvalue weighted by molar-refractivity contribution is 0.0417. The van der Waals surface area contributed by atoms with E-state index in [9.17, 15) is 9.90 Å². The number of β-amino-alcohol motifs (C(OH)–C–C–N with tert-alkyl or cyclic N) is 1. The van der Waals surface area contributed by atoms with Crippen molar-refractivity contribution in [2.75, 3.05) is 24.1 Å². The summed E-state index contributed by atoms with van der Waals surface area (Å²) in [6.07, 6.45) is 0.524. The molecule has 0 bridgehead atoms. The van der Waals surface area contributed by atoms with Crippen LogP contribution in [-0.4, -0.2) is 39.0 Å². The number of nitrogens with one attached hydrogen (secondary N) is 1. The summed E-state index contributed by atoms with van der Waals surface area (Å²) >= 11 is 0. The minimum Gasteiger partial charge on any atom is -0.383 e. The largest absolute Gasteiger partial charge is 0.383 e. The van der Waals surface area contributed by atoms with Gasteiger partial charge in [0.2, 0.25) is 5.95 Å². The van der Waals surface area contributed by atoms with Gasteiger partial charge in [-0.15, -0.1) is 0 Å². The van der Waals surface area contributed by atoms with Gasteiger partial charge in [-0.3, -0.25) is 4.79 Å². The maximum Gasteiger partial charge on any atom is 0.253 e. The molecule has 0 radical (unpaired) electrons. The van der Waals surface area contributed by atoms with Crippen LogP contribution in [0.15, 0.2) is 54.6 Å². The Hall–Kier alpha value is -3.45. The van der Waals surface area contributed by atoms with Crippen molar-refractivity contribution in [1.29, 1.82) is 0 Å². The van der Waals surface area contributed by atoms with Crippen LogP contribution in [0, 0.1) is 13.8 Å². The predicted octanol–water partition coefficient (Wildman–Crippen LogP) is 3.15. The molecule has 7 heteroatoms. The van der Waals surface area contributed by atoms with E-state index in [0.29, 0.717) is 24.3 Å². The summed E-state index contributed by atoms with van der Waals surface area (Å²) in [6.45, 7) is 4.66. The van der Waals surface area contributed by atoms with Gasteiger partial charge in [-0.25, -0.2) is 4.98 Å². The molecule has 2 heterocycles. The number of aliphatic hydroxyl groups is 1. The molecule has 1 aromatic heterocycles. The Labute approximate surface area is 175 Å². The molecule has 1 aliphatic heterocycles. The van der Waals surface area contributed by atoms with Crippen LogP contribution in [0.2, 0.25) is 0 Å². The minimum atomic E-state index is -1.00. The molecular weight excluding hydrogens is 378 g/mol. The van der Waals surface area contributed by atoms with Crippen molar-refractivity contribution >= 4 is 23.4 Å². The van der Waals surface area contributed by atoms with Gasteiger partial charge in [-0.2, -0.15) is 4.98 Å². The topological polar surface area (TPSA) is 104 Å². The summed E-state index contributed by atoms with van der Waals surface area (Å²) in [5.74, 6) is 0.716. The van der Waals surface area contributed by atoms with Crippen LogP contribution in [0.25, 0.3) is 0 Å². The number of aryl methyl sites for hydroxylation is 2. The number of benzene rings is 2. The van der Waals surface area contributed by atoms with Crippen LogP contribution in [0.5, 0.6) is 0 Å². The Kier molecular flexibility index (Phi) is 5.13. The third-order valence-electron chi connectivity index (χ3n) is 5.40. The molecule has 1 unspecified atom stereocenters. The summed E-state index contributed by atoms with van der Waals surface area (Å²) in [7, 11) is 0. The first-order valence-corrected chi connectivity index (χ1v) is 9.89. The normalized spacial score (nSPS) is 18.4. The summed E-state index contributed by atoms with van der Waals surface area (Å²) in [5.41, 5.74) is 8.81. The zero-order valence-electron chi connectivity index (χ0n) is 17.1. The third-order valence-corrected chi connectivity index (χ3v) is 5.40. The van der Waals surface area contributed by atoms with Crippen molar-refractivity contribution < 1.29 is 9.90 Å². The Morgan fingerprint density at radius 3 is 2.47 bits per heavy atom. The average molecular weight is 403 g/mol. The first kappa shape index (κ1) is 19.8. The van der Waals surface area contributed by atoms with Crippen molar-refractivity contribution in [3.8, 4) is 0 Å². The minimum absolute atomic E-state index is 0.0910. The molecule has 4 N–H and O–H groups in total. The van der Waals surface area contributed by atoms with E-state index in [1.165, 1.54) is 0 Å². The van der Waals surface area contributed by atoms with E-state index in [4.69, 9.17) is 5.73 Å². The Morgan fingerprint density at radius 2 is 1.80 bits per heavy atom. The molecule has 0 saturated carbocycles. The summed E-state index contributed by atoms with van der Waals surface area (Å²) < 4.78 is 0. The van der Waals surface area contributed by atoms with Crippen molar-refractivity contribution in [2.24, 2.45) is 0 Å². The molecule has 4 rings (SSSR count). The number of nitrogens with two attached hydrogens (primary N) is 1. The smallest absolute Gasteiger partial charge is 0.253 e. The van der Waals surface area contributed by atoms with Crippen molar-refractivity contribution in [1.82, 2.24) is 14.9 Å². The second kappa shape index (κ2) is 7.76. The van der Waals surface area contributed by atoms with Crippen molar-refractivity contribution in [3.63, 3.8) is 0 Å². The standard InChI is InChI=1S/C23H25N5O2/c1-15-3-7-18(8-4-15)23(30)11-12-28(14-23)21(29)17-5-9-19(10-6-17)26-20-13-16(2)25-22(24)27-20/h3-10,13,30H,11-12,14H2,1-2H3,(H3,24,25,26,27). The van der Waals surface area contributed by atoms with Gasteiger partial charge in [0.25, 0.3) is 5.91 Å². The van der Waals surface area contributed by atoms with E-state index in [1.54, 1.807) is 23.1 Å². The third kappa shape index (κ3) is 4.11. The van der Waals surface area contributed by atoms with Gasteiger partial charge in [0, 0.05) is 29.6 Å². The van der Waals surface area contributed by atoms with Crippen LogP contribution >= 0.6 is 0 Å². The lowest BCUT2D eigenvalue weighted by Crippen LogP contribution is -2.34. The number of aromatic nitrogens is 2. The van der Waals surface area contributed by atoms with Crippen LogP contribution in [0.1, 0.15) is 33.6 Å². The fourth-order valence-electron chi connectivity index (χ4n) is 3.75. The molecule has 3 aromatic rings. The molecule has 1 saturated heterocycles. The number of amides is 1. The highest BCUT2D eigenvalue weighted by atomic mass is 16.3. The first-order valence-electron chi connectivity index (χ1n) is 9.89. The fourth-order valence-corrected chi connectivity index (χ4v) is 3.75. The van der Waals surface area contributed by atoms with Gasteiger partial charge in [0.05, 0.1) is 6.54 Å². The lowest BCUT2D eigenvalue weighted by atomic mass is 9.92. The van der Waals surface area contributed by atoms with Crippen molar-refractivity contribution in [3.05, 3.63) is 77.0 Å². The molecule has 1 amide bonds. The lowest BCUT2D eigenvalue weighted by Gasteiger charge is -2.24. The van der Waals surface area contributed by atoms with Gasteiger partial charge in [0.1, 0.15) is 11.4 Å². The number of hydrogen-bond donors (Lipinski definition) is 3. The van der Waals surface area contributed by atoms with Gasteiger partial charge < -0.3 is 21.1 Å². The van der Waals surface area contributed by atoms with E-state index in [0.717, 1.165) is 22.5 Å². The Balaban J connectivity index is 1.44. The van der Waals surface area contributed by atoms with E-state index >= 15 is 0 Å². The number of carbonyl (C=O) groups is 1. The quantitative estimate of drug-likeness (QED) is 0.618. The molecule has 1 atom stereocenters. The molecule has 0 aliphatic carbocycles. The number of carbonyl (C=O) groups excluding carboxylic acids is 1. The fraction of sp³-hybridized carbons (Fsp3) is 0.261. The highest BCUT2D eigenvalue weighted by molar-refractivity contribution is 5.95. The van der Waals surface area contributed by atoms with Crippen molar-refractivity contribution in [2.45, 2.75) is 25.9 Å². The maximum atomic E-state index is 12.9. The van der Waals surface area contributed by atoms with Gasteiger partial charge in [-0.1, -0.05) is 29.8 Å². The molecule has 30 heavy (non-hydrogen) atoms. The number of rotatable bonds is 4. The SMILES string of the molecule is Cc1ccc(C2(O)CCN(C(=O)c3ccc(Nc4cc(C)nc(N)n4)cc3)C2)cc1. The molecule has 1 fully saturated rings. The monoisotopic (exact) mass is 403 g/mol. The van der Waals surface area contributed by atoms with Crippen LogP contribution in [-0.2, 0) is 5.60 Å². The zero-order valence-corrected chi connectivity index (χ0v) is 17.1. The average Bonchev–Trinajstić information content (AvgIpc) is 3.11. The number of anilines is 3. The molecule has 7 nitrogen and oxygen atoms in total. The van der Waals surface area contributed by atoms with E-state index in [-0.39, 0.29) is 18.4 Å². The summed E-state index contributed by atoms with van der Waals surface area (Å²) in [6, 6.07) is 16.8. The molecule has 2 aromatic carbocycles. The van der Waals surface area contributed by atoms with E-state index in [2.05, 4.69) is 15.3 Å². The second-order valence-corrected chi connectivity index (χ2v) is 7.83. The number of likely N-dealkylation sites (tertiary alicyclic amines) is 1. The number of hydrogen-bond acceptors (Lipinski definition) is 6. The molecular formula is C23H25N5O2. The summed E-state index contributed by atoms with van der Waals surface area (Å²) in [5, 5.41) is 14.2. The van der Waals surface area contributed by atoms with Gasteiger partial charge >= 0.3 is 0 Å². The number of nitrogen functional groups attached to an aromatic ring is 1. The zero-order chi connectivity index (χ0) is 21.3. The van der Waals surface area contributed by atoms with Crippen LogP contribution < -0.4 is 11.1 Å². The highest BCUT2D eigenvalue weighted by Crippen LogP contribution is 2.33. The second-order valence-electron chi connectivity index (χ2n) is 7.83. The molecule has 0 spiro atoms.